The van der Waals surface area contributed by atoms with Gasteiger partial charge in [0.05, 0.1) is 45.0 Å². The number of nitrogens with zero attached hydrogens (tertiary/aromatic N) is 3. The summed E-state index contributed by atoms with van der Waals surface area (Å²) in [5, 5.41) is 18.2. The smallest absolute Gasteiger partial charge is 0.145 e. The van der Waals surface area contributed by atoms with Crippen LogP contribution in [0.15, 0.2) is 148 Å². The van der Waals surface area contributed by atoms with Crippen LogP contribution in [0.3, 0.4) is 0 Å². The zero-order chi connectivity index (χ0) is 36.2. The molecule has 1 unspecified atom stereocenters. The second-order valence-electron chi connectivity index (χ2n) is 14.4. The van der Waals surface area contributed by atoms with Crippen LogP contribution in [0.5, 0.6) is 0 Å². The molecule has 0 saturated heterocycles. The average molecular weight is 704 g/mol. The monoisotopic (exact) mass is 703 g/mol. The van der Waals surface area contributed by atoms with Crippen LogP contribution in [0.2, 0.25) is 0 Å². The number of aromatic nitrogens is 2. The second-order valence-corrected chi connectivity index (χ2v) is 14.4. The molecular formula is C50H29N3O2. The SMILES string of the molecule is N#CC1C=C(n2c3ccccc3c3c4oc5ccccc5c4ccc32)C=C(c2ccccc2-n2c3c(c4c5oc6ccccc6c5ccc42)C=CCC#C3)C1. The van der Waals surface area contributed by atoms with Crippen molar-refractivity contribution in [1.29, 1.82) is 5.26 Å². The number of benzene rings is 6. The highest BCUT2D eigenvalue weighted by Crippen LogP contribution is 2.45. The maximum absolute atomic E-state index is 10.6. The second kappa shape index (κ2) is 11.3. The molecule has 0 fully saturated rings. The molecule has 4 aromatic heterocycles. The standard InChI is InChI=1S/C50H29N3O2/c51-29-30-26-31(28-32(27-30)52-41-19-9-5-16-38(41)47-43(52)24-22-36-34-13-6-10-20-45(34)54-49(36)47)33-12-4-8-18-40(33)53-42-17-3-1-2-15-39(42)48-44(53)25-23-37-35-14-7-11-21-46(35)55-50(37)48/h2,4-16,18-25,27-28,30H,1,26H2. The normalized spacial score (nSPS) is 15.4. The molecular weight excluding hydrogens is 675 g/mol. The van der Waals surface area contributed by atoms with Gasteiger partial charge in [-0.15, -0.1) is 0 Å². The van der Waals surface area contributed by atoms with Crippen molar-refractivity contribution in [3.63, 3.8) is 0 Å². The Hall–Kier alpha value is -7.47. The lowest BCUT2D eigenvalue weighted by Crippen LogP contribution is -2.09. The fourth-order valence-corrected chi connectivity index (χ4v) is 9.14. The molecule has 256 valence electrons. The topological polar surface area (TPSA) is 59.9 Å². The summed E-state index contributed by atoms with van der Waals surface area (Å²) in [7, 11) is 0. The van der Waals surface area contributed by atoms with Crippen molar-refractivity contribution in [2.24, 2.45) is 5.92 Å². The van der Waals surface area contributed by atoms with Gasteiger partial charge >= 0.3 is 0 Å². The van der Waals surface area contributed by atoms with E-state index in [1.807, 2.05) is 24.3 Å². The van der Waals surface area contributed by atoms with Gasteiger partial charge < -0.3 is 18.0 Å². The zero-order valence-corrected chi connectivity index (χ0v) is 29.5. The van der Waals surface area contributed by atoms with Gasteiger partial charge in [-0.2, -0.15) is 5.26 Å². The molecule has 0 bridgehead atoms. The first-order valence-corrected chi connectivity index (χ1v) is 18.6. The summed E-state index contributed by atoms with van der Waals surface area (Å²) in [6, 6.07) is 44.8. The minimum atomic E-state index is -0.328. The van der Waals surface area contributed by atoms with E-state index in [0.717, 1.165) is 110 Å². The number of hydrogen-bond acceptors (Lipinski definition) is 3. The molecule has 0 amide bonds. The Morgan fingerprint density at radius 1 is 0.636 bits per heavy atom. The maximum Gasteiger partial charge on any atom is 0.145 e. The van der Waals surface area contributed by atoms with E-state index in [9.17, 15) is 5.26 Å². The van der Waals surface area contributed by atoms with E-state index < -0.39 is 0 Å². The predicted octanol–water partition coefficient (Wildman–Crippen LogP) is 12.8. The minimum absolute atomic E-state index is 0.328. The molecule has 4 heterocycles. The van der Waals surface area contributed by atoms with Crippen molar-refractivity contribution in [1.82, 2.24) is 9.13 Å². The van der Waals surface area contributed by atoms with Crippen LogP contribution in [0.4, 0.5) is 0 Å². The molecule has 5 nitrogen and oxygen atoms in total. The van der Waals surface area contributed by atoms with Crippen molar-refractivity contribution < 1.29 is 8.83 Å². The summed E-state index contributed by atoms with van der Waals surface area (Å²) in [5.41, 5.74) is 12.8. The van der Waals surface area contributed by atoms with E-state index in [-0.39, 0.29) is 5.92 Å². The number of para-hydroxylation sites is 4. The van der Waals surface area contributed by atoms with Crippen molar-refractivity contribution in [2.45, 2.75) is 12.8 Å². The highest BCUT2D eigenvalue weighted by Gasteiger charge is 2.27. The third-order valence-electron chi connectivity index (χ3n) is 11.5. The maximum atomic E-state index is 10.6. The first-order valence-electron chi connectivity index (χ1n) is 18.6. The lowest BCUT2D eigenvalue weighted by molar-refractivity contribution is 0.672. The van der Waals surface area contributed by atoms with Crippen molar-refractivity contribution in [3.8, 4) is 23.6 Å². The first kappa shape index (κ1) is 30.0. The molecule has 55 heavy (non-hydrogen) atoms. The van der Waals surface area contributed by atoms with E-state index in [0.29, 0.717) is 12.8 Å². The summed E-state index contributed by atoms with van der Waals surface area (Å²) in [4.78, 5) is 0. The molecule has 2 aliphatic carbocycles. The molecule has 0 N–H and O–H groups in total. The van der Waals surface area contributed by atoms with E-state index in [1.165, 1.54) is 0 Å². The van der Waals surface area contributed by atoms with Gasteiger partial charge in [0, 0.05) is 50.2 Å². The highest BCUT2D eigenvalue weighted by molar-refractivity contribution is 6.24. The molecule has 0 aliphatic heterocycles. The fraction of sp³-hybridized carbons (Fsp3) is 0.0600. The Morgan fingerprint density at radius 3 is 2.05 bits per heavy atom. The summed E-state index contributed by atoms with van der Waals surface area (Å²) in [6.45, 7) is 0. The van der Waals surface area contributed by atoms with Crippen LogP contribution in [0.1, 0.15) is 29.7 Å². The van der Waals surface area contributed by atoms with E-state index >= 15 is 0 Å². The summed E-state index contributed by atoms with van der Waals surface area (Å²) >= 11 is 0. The Labute approximate surface area is 314 Å². The van der Waals surface area contributed by atoms with Gasteiger partial charge in [0.2, 0.25) is 0 Å². The van der Waals surface area contributed by atoms with Crippen LogP contribution in [-0.4, -0.2) is 9.13 Å². The van der Waals surface area contributed by atoms with Gasteiger partial charge in [0.1, 0.15) is 28.0 Å². The minimum Gasteiger partial charge on any atom is -0.455 e. The highest BCUT2D eigenvalue weighted by atomic mass is 16.3. The van der Waals surface area contributed by atoms with E-state index in [2.05, 4.69) is 148 Å². The van der Waals surface area contributed by atoms with Crippen LogP contribution in [0.25, 0.3) is 99.6 Å². The van der Waals surface area contributed by atoms with Crippen LogP contribution in [0, 0.1) is 29.1 Å². The molecule has 0 spiro atoms. The molecule has 0 saturated carbocycles. The molecule has 0 radical (unpaired) electrons. The molecule has 12 rings (SSSR count). The summed E-state index contributed by atoms with van der Waals surface area (Å²) in [6.07, 6.45) is 9.98. The molecule has 1 atom stereocenters. The summed E-state index contributed by atoms with van der Waals surface area (Å²) < 4.78 is 17.8. The van der Waals surface area contributed by atoms with Crippen LogP contribution >= 0.6 is 0 Å². The lowest BCUT2D eigenvalue weighted by atomic mass is 9.88. The van der Waals surface area contributed by atoms with Gasteiger partial charge in [0.25, 0.3) is 0 Å². The molecule has 10 aromatic rings. The Kier molecular flexibility index (Phi) is 6.15. The van der Waals surface area contributed by atoms with Crippen LogP contribution < -0.4 is 0 Å². The third kappa shape index (κ3) is 4.18. The Balaban J connectivity index is 1.10. The largest absolute Gasteiger partial charge is 0.455 e. The third-order valence-corrected chi connectivity index (χ3v) is 11.5. The molecule has 2 aliphatic rings. The number of nitriles is 1. The predicted molar refractivity (Wildman–Crippen MR) is 224 cm³/mol. The van der Waals surface area contributed by atoms with Crippen LogP contribution in [-0.2, 0) is 0 Å². The van der Waals surface area contributed by atoms with E-state index in [1.54, 1.807) is 0 Å². The van der Waals surface area contributed by atoms with Crippen molar-refractivity contribution >= 4 is 93.9 Å². The molecule has 6 aromatic carbocycles. The number of rotatable bonds is 3. The zero-order valence-electron chi connectivity index (χ0n) is 29.5. The summed E-state index contributed by atoms with van der Waals surface area (Å²) in [5.74, 6) is 6.59. The van der Waals surface area contributed by atoms with E-state index in [4.69, 9.17) is 8.83 Å². The van der Waals surface area contributed by atoms with Gasteiger partial charge in [-0.1, -0.05) is 90.9 Å². The van der Waals surface area contributed by atoms with Crippen molar-refractivity contribution in [2.75, 3.05) is 0 Å². The Morgan fingerprint density at radius 2 is 1.29 bits per heavy atom. The molecule has 5 heteroatoms. The number of fused-ring (bicyclic) bond motifs is 14. The lowest BCUT2D eigenvalue weighted by Gasteiger charge is -2.22. The number of furan rings is 2. The number of allylic oxidation sites excluding steroid dienone is 5. The van der Waals surface area contributed by atoms with Gasteiger partial charge in [-0.3, -0.25) is 0 Å². The van der Waals surface area contributed by atoms with Gasteiger partial charge in [-0.25, -0.2) is 0 Å². The number of hydrogen-bond donors (Lipinski definition) is 0. The van der Waals surface area contributed by atoms with Gasteiger partial charge in [0.15, 0.2) is 0 Å². The van der Waals surface area contributed by atoms with Crippen molar-refractivity contribution in [3.05, 3.63) is 156 Å². The quantitative estimate of drug-likeness (QED) is 0.172. The Bertz CT molecular complexity index is 3520. The first-order chi connectivity index (χ1) is 27.2. The fourth-order valence-electron chi connectivity index (χ4n) is 9.14. The van der Waals surface area contributed by atoms with Gasteiger partial charge in [-0.05, 0) is 78.6 Å². The average Bonchev–Trinajstić information content (AvgIpc) is 3.93.